The Balaban J connectivity index is 1.79. The summed E-state index contributed by atoms with van der Waals surface area (Å²) < 4.78 is 0. The van der Waals surface area contributed by atoms with Gasteiger partial charge in [-0.25, -0.2) is 4.79 Å². The fraction of sp³-hybridized carbons (Fsp3) is 0.312. The lowest BCUT2D eigenvalue weighted by molar-refractivity contribution is -0.385. The van der Waals surface area contributed by atoms with E-state index in [0.29, 0.717) is 17.8 Å². The molecular formula is C16H17N3O3S. The second-order valence-corrected chi connectivity index (χ2v) is 6.48. The van der Waals surface area contributed by atoms with Crippen molar-refractivity contribution in [3.8, 4) is 0 Å². The number of carbonyl (C=O) groups is 1. The van der Waals surface area contributed by atoms with Gasteiger partial charge in [-0.15, -0.1) is 11.3 Å². The fourth-order valence-corrected chi connectivity index (χ4v) is 3.80. The largest absolute Gasteiger partial charge is 0.322 e. The number of urea groups is 1. The molecule has 1 atom stereocenters. The molecule has 0 saturated carbocycles. The van der Waals surface area contributed by atoms with Gasteiger partial charge in [-0.2, -0.15) is 0 Å². The van der Waals surface area contributed by atoms with Gasteiger partial charge in [0.25, 0.3) is 5.69 Å². The van der Waals surface area contributed by atoms with Gasteiger partial charge >= 0.3 is 6.03 Å². The third-order valence-electron chi connectivity index (χ3n) is 4.13. The second kappa shape index (κ2) is 6.37. The molecule has 1 aliphatic heterocycles. The maximum atomic E-state index is 12.6. The van der Waals surface area contributed by atoms with E-state index < -0.39 is 4.92 Å². The Morgan fingerprint density at radius 1 is 1.39 bits per heavy atom. The van der Waals surface area contributed by atoms with E-state index in [-0.39, 0.29) is 17.8 Å². The van der Waals surface area contributed by atoms with Crippen LogP contribution in [0.4, 0.5) is 16.2 Å². The summed E-state index contributed by atoms with van der Waals surface area (Å²) in [7, 11) is 0. The minimum Gasteiger partial charge on any atom is -0.317 e. The number of rotatable bonds is 3. The monoisotopic (exact) mass is 331 g/mol. The van der Waals surface area contributed by atoms with Crippen LogP contribution in [-0.4, -0.2) is 22.4 Å². The number of hydrogen-bond acceptors (Lipinski definition) is 4. The molecule has 1 N–H and O–H groups in total. The smallest absolute Gasteiger partial charge is 0.317 e. The lowest BCUT2D eigenvalue weighted by atomic mass is 10.1. The van der Waals surface area contributed by atoms with Crippen molar-refractivity contribution in [1.29, 1.82) is 0 Å². The number of thiophene rings is 1. The molecule has 0 aliphatic carbocycles. The van der Waals surface area contributed by atoms with Crippen molar-refractivity contribution in [3.63, 3.8) is 0 Å². The van der Waals surface area contributed by atoms with Crippen molar-refractivity contribution in [3.05, 3.63) is 56.3 Å². The summed E-state index contributed by atoms with van der Waals surface area (Å²) in [5.41, 5.74) is 0.970. The average molecular weight is 331 g/mol. The number of nitro groups is 1. The van der Waals surface area contributed by atoms with Crippen LogP contribution in [0.15, 0.2) is 35.7 Å². The van der Waals surface area contributed by atoms with Crippen molar-refractivity contribution >= 4 is 28.7 Å². The Labute approximate surface area is 137 Å². The Bertz CT molecular complexity index is 730. The van der Waals surface area contributed by atoms with Gasteiger partial charge < -0.3 is 10.2 Å². The van der Waals surface area contributed by atoms with Gasteiger partial charge in [-0.3, -0.25) is 10.1 Å². The van der Waals surface area contributed by atoms with E-state index in [0.717, 1.165) is 12.8 Å². The molecule has 3 rings (SSSR count). The molecule has 0 unspecified atom stereocenters. The van der Waals surface area contributed by atoms with Crippen LogP contribution in [0.25, 0.3) is 0 Å². The molecule has 120 valence electrons. The Hall–Kier alpha value is -2.41. The molecule has 1 aromatic heterocycles. The zero-order valence-electron chi connectivity index (χ0n) is 12.7. The minimum absolute atomic E-state index is 0.0130. The number of anilines is 1. The summed E-state index contributed by atoms with van der Waals surface area (Å²) in [6, 6.07) is 8.63. The molecule has 0 spiro atoms. The summed E-state index contributed by atoms with van der Waals surface area (Å²) in [6.45, 7) is 2.34. The number of benzene rings is 1. The van der Waals surface area contributed by atoms with E-state index in [1.807, 2.05) is 22.4 Å². The maximum absolute atomic E-state index is 12.6. The predicted molar refractivity (Wildman–Crippen MR) is 89.9 cm³/mol. The maximum Gasteiger partial charge on any atom is 0.322 e. The quantitative estimate of drug-likeness (QED) is 0.671. The van der Waals surface area contributed by atoms with Crippen LogP contribution in [0.3, 0.4) is 0 Å². The lowest BCUT2D eigenvalue weighted by Crippen LogP contribution is -2.34. The number of nitrogens with one attached hydrogen (secondary N) is 1. The fourth-order valence-electron chi connectivity index (χ4n) is 2.93. The highest BCUT2D eigenvalue weighted by molar-refractivity contribution is 7.10. The lowest BCUT2D eigenvalue weighted by Gasteiger charge is -2.24. The topological polar surface area (TPSA) is 75.5 Å². The molecule has 0 radical (unpaired) electrons. The van der Waals surface area contributed by atoms with E-state index in [4.69, 9.17) is 0 Å². The van der Waals surface area contributed by atoms with Gasteiger partial charge in [-0.05, 0) is 37.3 Å². The first-order valence-corrected chi connectivity index (χ1v) is 8.31. The molecule has 2 heterocycles. The molecule has 2 amide bonds. The number of amides is 2. The van der Waals surface area contributed by atoms with Crippen LogP contribution in [-0.2, 0) is 0 Å². The van der Waals surface area contributed by atoms with Crippen molar-refractivity contribution in [1.82, 2.24) is 4.90 Å². The van der Waals surface area contributed by atoms with Gasteiger partial charge in [0.1, 0.15) is 0 Å². The minimum atomic E-state index is -0.435. The van der Waals surface area contributed by atoms with E-state index in [1.54, 1.807) is 30.4 Å². The average Bonchev–Trinajstić information content (AvgIpc) is 3.19. The molecule has 0 bridgehead atoms. The van der Waals surface area contributed by atoms with E-state index in [2.05, 4.69) is 5.32 Å². The Morgan fingerprint density at radius 2 is 2.22 bits per heavy atom. The summed E-state index contributed by atoms with van der Waals surface area (Å²) >= 11 is 1.65. The van der Waals surface area contributed by atoms with Crippen LogP contribution in [0.2, 0.25) is 0 Å². The SMILES string of the molecule is Cc1c(NC(=O)N2CCC[C@H]2c2cccs2)cccc1[N+](=O)[O-]. The summed E-state index contributed by atoms with van der Waals surface area (Å²) in [5, 5.41) is 15.8. The predicted octanol–water partition coefficient (Wildman–Crippen LogP) is 4.33. The van der Waals surface area contributed by atoms with Crippen molar-refractivity contribution in [2.24, 2.45) is 0 Å². The third-order valence-corrected chi connectivity index (χ3v) is 5.10. The van der Waals surface area contributed by atoms with Gasteiger partial charge in [0.15, 0.2) is 0 Å². The van der Waals surface area contributed by atoms with Crippen LogP contribution in [0, 0.1) is 17.0 Å². The highest BCUT2D eigenvalue weighted by Crippen LogP contribution is 2.35. The molecule has 1 fully saturated rings. The summed E-state index contributed by atoms with van der Waals surface area (Å²) in [4.78, 5) is 26.2. The number of nitro benzene ring substituents is 1. The molecule has 1 saturated heterocycles. The van der Waals surface area contributed by atoms with Gasteiger partial charge in [-0.1, -0.05) is 12.1 Å². The molecular weight excluding hydrogens is 314 g/mol. The first kappa shape index (κ1) is 15.5. The zero-order chi connectivity index (χ0) is 16.4. The molecule has 2 aromatic rings. The van der Waals surface area contributed by atoms with E-state index >= 15 is 0 Å². The standard InChI is InChI=1S/C16H17N3O3S/c1-11-12(5-2-6-13(11)19(21)22)17-16(20)18-9-3-7-14(18)15-8-4-10-23-15/h2,4-6,8,10,14H,3,7,9H2,1H3,(H,17,20)/t14-/m0/s1. The van der Waals surface area contributed by atoms with Gasteiger partial charge in [0, 0.05) is 17.5 Å². The van der Waals surface area contributed by atoms with Crippen LogP contribution in [0.5, 0.6) is 0 Å². The highest BCUT2D eigenvalue weighted by Gasteiger charge is 2.31. The molecule has 23 heavy (non-hydrogen) atoms. The van der Waals surface area contributed by atoms with Crippen LogP contribution >= 0.6 is 11.3 Å². The number of nitrogens with zero attached hydrogens (tertiary/aromatic N) is 2. The Morgan fingerprint density at radius 3 is 2.91 bits per heavy atom. The van der Waals surface area contributed by atoms with Crippen LogP contribution < -0.4 is 5.32 Å². The first-order chi connectivity index (χ1) is 11.1. The molecule has 7 heteroatoms. The third kappa shape index (κ3) is 3.05. The van der Waals surface area contributed by atoms with Gasteiger partial charge in [0.2, 0.25) is 0 Å². The van der Waals surface area contributed by atoms with E-state index in [9.17, 15) is 14.9 Å². The Kier molecular flexibility index (Phi) is 4.29. The highest BCUT2D eigenvalue weighted by atomic mass is 32.1. The molecule has 1 aliphatic rings. The van der Waals surface area contributed by atoms with Gasteiger partial charge in [0.05, 0.1) is 22.2 Å². The van der Waals surface area contributed by atoms with Crippen molar-refractivity contribution in [2.45, 2.75) is 25.8 Å². The normalized spacial score (nSPS) is 17.3. The van der Waals surface area contributed by atoms with Crippen molar-refractivity contribution < 1.29 is 9.72 Å². The summed E-state index contributed by atoms with van der Waals surface area (Å²) in [6.07, 6.45) is 1.91. The molecule has 6 nitrogen and oxygen atoms in total. The zero-order valence-corrected chi connectivity index (χ0v) is 13.5. The number of carbonyl (C=O) groups excluding carboxylic acids is 1. The number of hydrogen-bond donors (Lipinski definition) is 1. The first-order valence-electron chi connectivity index (χ1n) is 7.43. The molecule has 1 aromatic carbocycles. The van der Waals surface area contributed by atoms with Crippen LogP contribution in [0.1, 0.15) is 29.3 Å². The van der Waals surface area contributed by atoms with Crippen molar-refractivity contribution in [2.75, 3.05) is 11.9 Å². The van der Waals surface area contributed by atoms with E-state index in [1.165, 1.54) is 10.9 Å². The second-order valence-electron chi connectivity index (χ2n) is 5.50. The summed E-state index contributed by atoms with van der Waals surface area (Å²) in [5.74, 6) is 0. The number of likely N-dealkylation sites (tertiary alicyclic amines) is 1.